The number of aromatic nitrogens is 2. The van der Waals surface area contributed by atoms with Crippen LogP contribution in [0.25, 0.3) is 50.0 Å². The molecule has 3 aromatic heterocycles. The number of nitrogens with zero attached hydrogens (tertiary/aromatic N) is 2. The topological polar surface area (TPSA) is 20.9 Å². The standard InChI is InChI=1S/C40H34N2O/c1-21(2)30-19-33-35-31(16-15-29-28-14-13-25-18-22(3)24(5)34(25)37(28)43-38(29)35)40(42(33)20-23(30)4)36-27-11-7-6-10-26(27)32-12-8-9-17-41(32)39(36)40/h6-17,19-21,36,39H,18H2,1-5H3/q+2. The van der Waals surface area contributed by atoms with Gasteiger partial charge >= 0.3 is 0 Å². The maximum absolute atomic E-state index is 7.10. The van der Waals surface area contributed by atoms with Crippen molar-refractivity contribution in [3.8, 4) is 22.5 Å². The Balaban J connectivity index is 1.34. The number of furan rings is 1. The van der Waals surface area contributed by atoms with Gasteiger partial charge in [-0.05, 0) is 73.6 Å². The Kier molecular flexibility index (Phi) is 4.30. The van der Waals surface area contributed by atoms with Crippen LogP contribution < -0.4 is 9.13 Å². The summed E-state index contributed by atoms with van der Waals surface area (Å²) in [7, 11) is 0. The smallest absolute Gasteiger partial charge is 0.269 e. The Morgan fingerprint density at radius 2 is 1.60 bits per heavy atom. The molecule has 2 aliphatic carbocycles. The highest BCUT2D eigenvalue weighted by atomic mass is 16.3. The summed E-state index contributed by atoms with van der Waals surface area (Å²) in [5, 5.41) is 2.45. The second-order valence-corrected chi connectivity index (χ2v) is 13.7. The predicted molar refractivity (Wildman–Crippen MR) is 171 cm³/mol. The molecule has 4 aliphatic rings. The number of allylic oxidation sites excluding steroid dienone is 2. The second kappa shape index (κ2) is 7.71. The Hall–Kier alpha value is -4.50. The molecule has 0 radical (unpaired) electrons. The van der Waals surface area contributed by atoms with Crippen molar-refractivity contribution < 1.29 is 13.6 Å². The third kappa shape index (κ3) is 2.65. The van der Waals surface area contributed by atoms with Crippen molar-refractivity contribution in [2.24, 2.45) is 0 Å². The lowest BCUT2D eigenvalue weighted by molar-refractivity contribution is -0.772. The zero-order valence-electron chi connectivity index (χ0n) is 25.3. The number of aryl methyl sites for hydroxylation is 1. The Bertz CT molecular complexity index is 2250. The molecule has 2 aliphatic heterocycles. The molecule has 1 spiro atoms. The maximum Gasteiger partial charge on any atom is 0.269 e. The van der Waals surface area contributed by atoms with Gasteiger partial charge in [0.05, 0.1) is 11.1 Å². The highest BCUT2D eigenvalue weighted by Crippen LogP contribution is 2.71. The summed E-state index contributed by atoms with van der Waals surface area (Å²) >= 11 is 0. The van der Waals surface area contributed by atoms with Crippen LogP contribution in [0.4, 0.5) is 0 Å². The fourth-order valence-corrected chi connectivity index (χ4v) is 9.33. The van der Waals surface area contributed by atoms with E-state index >= 15 is 0 Å². The molecule has 0 N–H and O–H groups in total. The van der Waals surface area contributed by atoms with Gasteiger partial charge in [-0.15, -0.1) is 0 Å². The molecular weight excluding hydrogens is 524 g/mol. The van der Waals surface area contributed by atoms with Crippen LogP contribution in [0.3, 0.4) is 0 Å². The first-order valence-corrected chi connectivity index (χ1v) is 15.8. The summed E-state index contributed by atoms with van der Waals surface area (Å²) in [5.74, 6) is 0.786. The lowest BCUT2D eigenvalue weighted by Crippen LogP contribution is -2.51. The molecule has 10 rings (SSSR count). The predicted octanol–water partition coefficient (Wildman–Crippen LogP) is 8.69. The number of rotatable bonds is 1. The number of fused-ring (bicyclic) bond motifs is 19. The van der Waals surface area contributed by atoms with Crippen LogP contribution in [-0.4, -0.2) is 0 Å². The van der Waals surface area contributed by atoms with Gasteiger partial charge in [-0.25, -0.2) is 0 Å². The fraction of sp³-hybridized carbons (Fsp3) is 0.250. The SMILES string of the molecule is CC1=C(C)c2c(ccc3c2oc2c4c(ccc23)C2(C3c5ccccc5-c5cccc[n+]5C32)[n+]2cc(C)c(C(C)C)cc2-4)C1. The summed E-state index contributed by atoms with van der Waals surface area (Å²) in [5.41, 5.74) is 18.3. The van der Waals surface area contributed by atoms with Gasteiger partial charge in [-0.2, -0.15) is 9.13 Å². The normalized spacial score (nSPS) is 22.2. The summed E-state index contributed by atoms with van der Waals surface area (Å²) in [4.78, 5) is 0. The van der Waals surface area contributed by atoms with Crippen LogP contribution in [0, 0.1) is 6.92 Å². The molecule has 3 heteroatoms. The zero-order valence-corrected chi connectivity index (χ0v) is 25.3. The molecular formula is C40H34N2O+2. The van der Waals surface area contributed by atoms with Gasteiger partial charge < -0.3 is 4.42 Å². The number of hydrogen-bond donors (Lipinski definition) is 0. The van der Waals surface area contributed by atoms with Crippen molar-refractivity contribution in [2.75, 3.05) is 0 Å². The third-order valence-corrected chi connectivity index (χ3v) is 11.3. The van der Waals surface area contributed by atoms with Crippen molar-refractivity contribution in [3.05, 3.63) is 124 Å². The average Bonchev–Trinajstić information content (AvgIpc) is 3.27. The summed E-state index contributed by atoms with van der Waals surface area (Å²) in [6, 6.07) is 27.9. The number of benzene rings is 3. The molecule has 0 bridgehead atoms. The minimum Gasteiger partial charge on any atom is -0.454 e. The molecule has 6 aromatic rings. The Morgan fingerprint density at radius 1 is 0.837 bits per heavy atom. The fourth-order valence-electron chi connectivity index (χ4n) is 9.33. The highest BCUT2D eigenvalue weighted by Gasteiger charge is 2.86. The first kappa shape index (κ1) is 24.0. The zero-order chi connectivity index (χ0) is 28.9. The van der Waals surface area contributed by atoms with Gasteiger partial charge in [0.2, 0.25) is 17.4 Å². The molecule has 3 atom stereocenters. The Labute approximate surface area is 251 Å². The van der Waals surface area contributed by atoms with E-state index < -0.39 is 0 Å². The van der Waals surface area contributed by atoms with Crippen molar-refractivity contribution in [1.82, 2.24) is 0 Å². The van der Waals surface area contributed by atoms with E-state index in [1.54, 1.807) is 0 Å². The van der Waals surface area contributed by atoms with Crippen LogP contribution in [0.1, 0.15) is 79.0 Å². The van der Waals surface area contributed by atoms with Gasteiger partial charge in [0.1, 0.15) is 17.1 Å². The first-order valence-electron chi connectivity index (χ1n) is 15.8. The molecule has 208 valence electrons. The maximum atomic E-state index is 7.10. The molecule has 1 fully saturated rings. The van der Waals surface area contributed by atoms with Crippen molar-refractivity contribution in [1.29, 1.82) is 0 Å². The van der Waals surface area contributed by atoms with Gasteiger partial charge in [0.25, 0.3) is 5.54 Å². The highest BCUT2D eigenvalue weighted by molar-refractivity contribution is 6.13. The number of hydrogen-bond acceptors (Lipinski definition) is 1. The quantitative estimate of drug-likeness (QED) is 0.185. The second-order valence-electron chi connectivity index (χ2n) is 13.7. The molecule has 3 unspecified atom stereocenters. The molecule has 3 nitrogen and oxygen atoms in total. The monoisotopic (exact) mass is 558 g/mol. The first-order chi connectivity index (χ1) is 20.9. The van der Waals surface area contributed by atoms with Gasteiger partial charge in [-0.3, -0.25) is 0 Å². The van der Waals surface area contributed by atoms with E-state index in [1.807, 2.05) is 0 Å². The van der Waals surface area contributed by atoms with Crippen LogP contribution >= 0.6 is 0 Å². The minimum absolute atomic E-state index is 0.209. The molecule has 0 saturated heterocycles. The summed E-state index contributed by atoms with van der Waals surface area (Å²) in [6.45, 7) is 11.4. The van der Waals surface area contributed by atoms with Crippen LogP contribution in [0.5, 0.6) is 0 Å². The minimum atomic E-state index is -0.209. The summed E-state index contributed by atoms with van der Waals surface area (Å²) in [6.07, 6.45) is 5.77. The van der Waals surface area contributed by atoms with E-state index in [9.17, 15) is 0 Å². The van der Waals surface area contributed by atoms with E-state index in [0.29, 0.717) is 17.9 Å². The van der Waals surface area contributed by atoms with Crippen molar-refractivity contribution in [2.45, 2.75) is 64.5 Å². The van der Waals surface area contributed by atoms with Crippen LogP contribution in [-0.2, 0) is 12.0 Å². The average molecular weight is 559 g/mol. The molecule has 0 amide bonds. The van der Waals surface area contributed by atoms with Crippen LogP contribution in [0.15, 0.2) is 95.2 Å². The van der Waals surface area contributed by atoms with Crippen LogP contribution in [0.2, 0.25) is 0 Å². The molecule has 3 aromatic carbocycles. The Morgan fingerprint density at radius 3 is 2.44 bits per heavy atom. The van der Waals surface area contributed by atoms with Crippen molar-refractivity contribution >= 4 is 27.5 Å². The van der Waals surface area contributed by atoms with Gasteiger partial charge in [0.15, 0.2) is 12.4 Å². The van der Waals surface area contributed by atoms with Gasteiger partial charge in [-0.1, -0.05) is 55.8 Å². The van der Waals surface area contributed by atoms with E-state index in [4.69, 9.17) is 4.42 Å². The summed E-state index contributed by atoms with van der Waals surface area (Å²) < 4.78 is 12.3. The van der Waals surface area contributed by atoms with E-state index in [2.05, 4.69) is 129 Å². The van der Waals surface area contributed by atoms with Crippen molar-refractivity contribution in [3.63, 3.8) is 0 Å². The number of pyridine rings is 2. The van der Waals surface area contributed by atoms with E-state index in [0.717, 1.165) is 17.6 Å². The van der Waals surface area contributed by atoms with E-state index in [1.165, 1.54) is 77.8 Å². The van der Waals surface area contributed by atoms with Gasteiger partial charge in [0, 0.05) is 45.7 Å². The lowest BCUT2D eigenvalue weighted by atomic mass is 9.92. The van der Waals surface area contributed by atoms with E-state index in [-0.39, 0.29) is 5.54 Å². The molecule has 43 heavy (non-hydrogen) atoms. The molecule has 1 saturated carbocycles. The largest absolute Gasteiger partial charge is 0.454 e. The lowest BCUT2D eigenvalue weighted by Gasteiger charge is -2.11. The third-order valence-electron chi connectivity index (χ3n) is 11.3. The molecule has 5 heterocycles.